The van der Waals surface area contributed by atoms with E-state index in [-0.39, 0.29) is 22.4 Å². The maximum atomic E-state index is 12.8. The number of imide groups is 1. The number of benzene rings is 2. The minimum absolute atomic E-state index is 0.0299. The van der Waals surface area contributed by atoms with Gasteiger partial charge in [-0.05, 0) is 75.9 Å². The number of nitrogens with zero attached hydrogens (tertiary/aromatic N) is 1. The summed E-state index contributed by atoms with van der Waals surface area (Å²) in [4.78, 5) is 38.0. The largest absolute Gasteiger partial charge is 0.478 e. The highest BCUT2D eigenvalue weighted by atomic mass is 79.9. The van der Waals surface area contributed by atoms with Crippen LogP contribution in [0.25, 0.3) is 0 Å². The van der Waals surface area contributed by atoms with E-state index in [9.17, 15) is 19.5 Å². The molecule has 0 aliphatic carbocycles. The number of aromatic carboxylic acids is 1. The van der Waals surface area contributed by atoms with E-state index in [0.29, 0.717) is 17.9 Å². The van der Waals surface area contributed by atoms with Gasteiger partial charge in [0.1, 0.15) is 0 Å². The van der Waals surface area contributed by atoms with Crippen LogP contribution >= 0.6 is 63.7 Å². The lowest BCUT2D eigenvalue weighted by Gasteiger charge is -2.16. The van der Waals surface area contributed by atoms with Crippen LogP contribution in [0.4, 0.5) is 5.69 Å². The number of fused-ring (bicyclic) bond motifs is 1. The van der Waals surface area contributed by atoms with E-state index in [2.05, 4.69) is 63.7 Å². The molecule has 0 unspecified atom stereocenters. The second-order valence-corrected chi connectivity index (χ2v) is 7.95. The van der Waals surface area contributed by atoms with Gasteiger partial charge < -0.3 is 5.11 Å². The minimum atomic E-state index is -1.22. The van der Waals surface area contributed by atoms with E-state index in [4.69, 9.17) is 0 Å². The molecule has 0 bridgehead atoms. The highest BCUT2D eigenvalue weighted by molar-refractivity contribution is 9.15. The van der Waals surface area contributed by atoms with Crippen molar-refractivity contribution < 1.29 is 19.5 Å². The molecular weight excluding hydrogens is 578 g/mol. The summed E-state index contributed by atoms with van der Waals surface area (Å²) in [5.74, 6) is -2.41. The average Bonchev–Trinajstić information content (AvgIpc) is 2.81. The molecule has 2 amide bonds. The third kappa shape index (κ3) is 2.49. The number of carbonyl (C=O) groups is 3. The van der Waals surface area contributed by atoms with Gasteiger partial charge in [-0.15, -0.1) is 0 Å². The average molecular weight is 583 g/mol. The van der Waals surface area contributed by atoms with Crippen molar-refractivity contribution >= 4 is 87.2 Å². The first kappa shape index (κ1) is 17.8. The fraction of sp³-hybridized carbons (Fsp3) is 0. The Labute approximate surface area is 169 Å². The number of para-hydroxylation sites is 1. The Morgan fingerprint density at radius 1 is 0.833 bits per heavy atom. The quantitative estimate of drug-likeness (QED) is 0.299. The summed E-state index contributed by atoms with van der Waals surface area (Å²) < 4.78 is 1.98. The molecule has 3 rings (SSSR count). The van der Waals surface area contributed by atoms with Crippen LogP contribution in [0.3, 0.4) is 0 Å². The van der Waals surface area contributed by atoms with Crippen LogP contribution < -0.4 is 4.90 Å². The molecule has 1 N–H and O–H groups in total. The molecule has 1 aliphatic rings. The minimum Gasteiger partial charge on any atom is -0.478 e. The van der Waals surface area contributed by atoms with Crippen LogP contribution in [0.2, 0.25) is 0 Å². The van der Waals surface area contributed by atoms with Crippen LogP contribution in [0, 0.1) is 0 Å². The summed E-state index contributed by atoms with van der Waals surface area (Å²) in [5, 5.41) is 9.33. The van der Waals surface area contributed by atoms with Crippen LogP contribution in [-0.2, 0) is 0 Å². The van der Waals surface area contributed by atoms with Gasteiger partial charge in [-0.1, -0.05) is 12.1 Å². The van der Waals surface area contributed by atoms with E-state index in [0.717, 1.165) is 4.90 Å². The maximum absolute atomic E-state index is 12.8. The summed E-state index contributed by atoms with van der Waals surface area (Å²) in [6.07, 6.45) is 0. The van der Waals surface area contributed by atoms with E-state index in [1.54, 1.807) is 6.07 Å². The van der Waals surface area contributed by atoms with Crippen molar-refractivity contribution in [3.8, 4) is 0 Å². The number of hydrogen-bond acceptors (Lipinski definition) is 3. The molecule has 0 saturated carbocycles. The first-order valence-corrected chi connectivity index (χ1v) is 9.51. The number of halogens is 4. The van der Waals surface area contributed by atoms with Crippen LogP contribution in [0.1, 0.15) is 31.1 Å². The molecule has 9 heteroatoms. The Balaban J connectivity index is 2.29. The zero-order valence-electron chi connectivity index (χ0n) is 11.4. The van der Waals surface area contributed by atoms with Gasteiger partial charge in [-0.25, -0.2) is 9.69 Å². The second-order valence-electron chi connectivity index (χ2n) is 4.77. The fourth-order valence-corrected chi connectivity index (χ4v) is 4.87. The van der Waals surface area contributed by atoms with E-state index >= 15 is 0 Å². The summed E-state index contributed by atoms with van der Waals surface area (Å²) in [6.45, 7) is 0. The number of anilines is 1. The number of amides is 2. The van der Waals surface area contributed by atoms with Crippen molar-refractivity contribution in [2.24, 2.45) is 0 Å². The highest BCUT2D eigenvalue weighted by Crippen LogP contribution is 2.46. The molecule has 1 heterocycles. The van der Waals surface area contributed by atoms with E-state index < -0.39 is 17.8 Å². The molecule has 0 fully saturated rings. The van der Waals surface area contributed by atoms with Gasteiger partial charge in [0.05, 0.1) is 22.4 Å². The Hall–Kier alpha value is -1.03. The van der Waals surface area contributed by atoms with Gasteiger partial charge in [0.15, 0.2) is 0 Å². The molecule has 5 nitrogen and oxygen atoms in total. The zero-order chi connectivity index (χ0) is 17.8. The number of carbonyl (C=O) groups excluding carboxylic acids is 2. The summed E-state index contributed by atoms with van der Waals surface area (Å²) in [6, 6.07) is 5.87. The predicted octanol–water partition coefficient (Wildman–Crippen LogP) is 5.24. The molecule has 0 spiro atoms. The lowest BCUT2D eigenvalue weighted by Crippen LogP contribution is -2.31. The van der Waals surface area contributed by atoms with Crippen molar-refractivity contribution in [1.29, 1.82) is 0 Å². The van der Waals surface area contributed by atoms with Crippen molar-refractivity contribution in [3.63, 3.8) is 0 Å². The molecule has 122 valence electrons. The van der Waals surface area contributed by atoms with Gasteiger partial charge in [-0.2, -0.15) is 0 Å². The summed E-state index contributed by atoms with van der Waals surface area (Å²) in [7, 11) is 0. The maximum Gasteiger partial charge on any atom is 0.337 e. The van der Waals surface area contributed by atoms with E-state index in [1.165, 1.54) is 18.2 Å². The topological polar surface area (TPSA) is 74.7 Å². The predicted molar refractivity (Wildman–Crippen MR) is 102 cm³/mol. The normalized spacial score (nSPS) is 13.4. The second kappa shape index (κ2) is 6.36. The fourth-order valence-electron chi connectivity index (χ4n) is 2.42. The molecule has 0 aromatic heterocycles. The van der Waals surface area contributed by atoms with Crippen molar-refractivity contribution in [2.45, 2.75) is 0 Å². The zero-order valence-corrected chi connectivity index (χ0v) is 17.8. The Morgan fingerprint density at radius 3 is 1.75 bits per heavy atom. The third-order valence-electron chi connectivity index (χ3n) is 3.48. The Bertz CT molecular complexity index is 895. The highest BCUT2D eigenvalue weighted by Gasteiger charge is 2.42. The van der Waals surface area contributed by atoms with Crippen LogP contribution in [-0.4, -0.2) is 22.9 Å². The molecule has 2 aromatic rings. The first-order chi connectivity index (χ1) is 11.3. The molecule has 0 atom stereocenters. The lowest BCUT2D eigenvalue weighted by molar-refractivity contribution is 0.0698. The number of rotatable bonds is 2. The van der Waals surface area contributed by atoms with Crippen molar-refractivity contribution in [3.05, 3.63) is 58.8 Å². The van der Waals surface area contributed by atoms with Crippen LogP contribution in [0.15, 0.2) is 42.2 Å². The smallest absolute Gasteiger partial charge is 0.337 e. The SMILES string of the molecule is O=C(O)c1ccccc1N1C(=O)c2c(Br)c(Br)c(Br)c(Br)c2C1=O. The Morgan fingerprint density at radius 2 is 1.29 bits per heavy atom. The van der Waals surface area contributed by atoms with Crippen molar-refractivity contribution in [1.82, 2.24) is 0 Å². The standard InChI is InChI=1S/C15H5Br4NO4/c16-9-7-8(10(17)12(19)11(9)18)14(22)20(13(7)21)6-4-2-1-3-5(6)15(23)24/h1-4H,(H,23,24). The van der Waals surface area contributed by atoms with Crippen LogP contribution in [0.5, 0.6) is 0 Å². The molecule has 2 aromatic carbocycles. The van der Waals surface area contributed by atoms with Gasteiger partial charge in [0.2, 0.25) is 0 Å². The van der Waals surface area contributed by atoms with Gasteiger partial charge >= 0.3 is 5.97 Å². The monoisotopic (exact) mass is 579 g/mol. The number of carboxylic acid groups (broad SMARTS) is 1. The summed E-state index contributed by atoms with van der Waals surface area (Å²) >= 11 is 13.3. The first-order valence-electron chi connectivity index (χ1n) is 6.34. The van der Waals surface area contributed by atoms with Crippen molar-refractivity contribution in [2.75, 3.05) is 4.90 Å². The van der Waals surface area contributed by atoms with Gasteiger partial charge in [-0.3, -0.25) is 9.59 Å². The molecular formula is C15H5Br4NO4. The third-order valence-corrected chi connectivity index (χ3v) is 8.24. The summed E-state index contributed by atoms with van der Waals surface area (Å²) in [5.41, 5.74) is 0.240. The van der Waals surface area contributed by atoms with Gasteiger partial charge in [0, 0.05) is 17.9 Å². The molecule has 24 heavy (non-hydrogen) atoms. The van der Waals surface area contributed by atoms with E-state index in [1.807, 2.05) is 0 Å². The molecule has 0 radical (unpaired) electrons. The molecule has 1 aliphatic heterocycles. The number of hydrogen-bond donors (Lipinski definition) is 1. The lowest BCUT2D eigenvalue weighted by atomic mass is 10.1. The Kier molecular flexibility index (Phi) is 4.71. The van der Waals surface area contributed by atoms with Gasteiger partial charge in [0.25, 0.3) is 11.8 Å². The number of carboxylic acids is 1. The molecule has 0 saturated heterocycles.